The van der Waals surface area contributed by atoms with E-state index in [2.05, 4.69) is 10.5 Å². The van der Waals surface area contributed by atoms with Gasteiger partial charge in [0.2, 0.25) is 6.10 Å². The first-order valence-corrected chi connectivity index (χ1v) is 10.2. The van der Waals surface area contributed by atoms with E-state index < -0.39 is 15.9 Å². The number of hydrogen-bond acceptors (Lipinski definition) is 5. The van der Waals surface area contributed by atoms with Crippen molar-refractivity contribution in [3.8, 4) is 0 Å². The fourth-order valence-corrected chi connectivity index (χ4v) is 3.38. The molecular formula is C19H19FN2O4S. The van der Waals surface area contributed by atoms with Crippen LogP contribution in [0.15, 0.2) is 58.6 Å². The van der Waals surface area contributed by atoms with Crippen LogP contribution in [-0.4, -0.2) is 32.4 Å². The van der Waals surface area contributed by atoms with Crippen LogP contribution in [0.2, 0.25) is 0 Å². The number of nitrogens with one attached hydrogen (secondary N) is 1. The van der Waals surface area contributed by atoms with Crippen LogP contribution in [-0.2, 0) is 19.5 Å². The van der Waals surface area contributed by atoms with Crippen molar-refractivity contribution < 1.29 is 22.4 Å². The van der Waals surface area contributed by atoms with E-state index in [0.717, 1.165) is 11.8 Å². The Bertz CT molecular complexity index is 987. The first kappa shape index (κ1) is 19.0. The highest BCUT2D eigenvalue weighted by Gasteiger charge is 2.30. The van der Waals surface area contributed by atoms with Crippen molar-refractivity contribution in [2.45, 2.75) is 30.4 Å². The quantitative estimate of drug-likeness (QED) is 0.850. The molecule has 2 atom stereocenters. The molecule has 1 aliphatic heterocycles. The number of carbonyl (C=O) groups excluding carboxylic acids is 1. The van der Waals surface area contributed by atoms with Crippen LogP contribution in [0.5, 0.6) is 0 Å². The van der Waals surface area contributed by atoms with Gasteiger partial charge in [-0.3, -0.25) is 4.79 Å². The van der Waals surface area contributed by atoms with Gasteiger partial charge in [0.15, 0.2) is 9.84 Å². The molecule has 0 aliphatic carbocycles. The van der Waals surface area contributed by atoms with Crippen LogP contribution in [0, 0.1) is 5.82 Å². The fraction of sp³-hybridized carbons (Fsp3) is 0.263. The molecule has 0 fully saturated rings. The predicted octanol–water partition coefficient (Wildman–Crippen LogP) is 2.60. The third-order valence-corrected chi connectivity index (χ3v) is 5.41. The number of rotatable bonds is 5. The fourth-order valence-electron chi connectivity index (χ4n) is 2.75. The molecular weight excluding hydrogens is 371 g/mol. The van der Waals surface area contributed by atoms with Crippen molar-refractivity contribution in [2.75, 3.05) is 6.26 Å². The molecule has 142 valence electrons. The van der Waals surface area contributed by atoms with Crippen molar-refractivity contribution in [3.05, 3.63) is 65.5 Å². The SMILES string of the molecule is C[C@@H](NC(=O)[C@H]1CC(c2cccc(F)c2)=NO1)c1ccc(S(C)(=O)=O)cc1. The number of amides is 1. The van der Waals surface area contributed by atoms with Gasteiger partial charge in [0, 0.05) is 18.2 Å². The number of carbonyl (C=O) groups is 1. The van der Waals surface area contributed by atoms with Gasteiger partial charge in [-0.25, -0.2) is 12.8 Å². The molecule has 0 saturated heterocycles. The third-order valence-electron chi connectivity index (χ3n) is 4.29. The van der Waals surface area contributed by atoms with Gasteiger partial charge in [-0.05, 0) is 36.8 Å². The Kier molecular flexibility index (Phi) is 5.27. The molecule has 2 aromatic rings. The monoisotopic (exact) mass is 390 g/mol. The van der Waals surface area contributed by atoms with Gasteiger partial charge in [-0.1, -0.05) is 29.4 Å². The van der Waals surface area contributed by atoms with E-state index in [1.165, 1.54) is 24.3 Å². The second-order valence-electron chi connectivity index (χ2n) is 6.42. The van der Waals surface area contributed by atoms with Crippen LogP contribution < -0.4 is 5.32 Å². The molecule has 2 aromatic carbocycles. The molecule has 1 amide bonds. The van der Waals surface area contributed by atoms with E-state index in [1.807, 2.05) is 0 Å². The molecule has 1 aliphatic rings. The molecule has 1 N–H and O–H groups in total. The highest BCUT2D eigenvalue weighted by molar-refractivity contribution is 7.90. The first-order valence-electron chi connectivity index (χ1n) is 8.33. The minimum absolute atomic E-state index is 0.219. The summed E-state index contributed by atoms with van der Waals surface area (Å²) in [4.78, 5) is 17.8. The standard InChI is InChI=1S/C19H19FN2O4S/c1-12(13-6-8-16(9-7-13)27(2,24)25)21-19(23)18-11-17(22-26-18)14-4-3-5-15(20)10-14/h3-10,12,18H,11H2,1-2H3,(H,21,23)/t12-,18-/m1/s1. The van der Waals surface area contributed by atoms with Crippen LogP contribution in [0.1, 0.15) is 30.5 Å². The average molecular weight is 390 g/mol. The smallest absolute Gasteiger partial charge is 0.264 e. The summed E-state index contributed by atoms with van der Waals surface area (Å²) in [5.41, 5.74) is 1.86. The molecule has 3 rings (SSSR count). The molecule has 0 radical (unpaired) electrons. The van der Waals surface area contributed by atoms with Crippen molar-refractivity contribution >= 4 is 21.5 Å². The zero-order valence-corrected chi connectivity index (χ0v) is 15.7. The molecule has 6 nitrogen and oxygen atoms in total. The summed E-state index contributed by atoms with van der Waals surface area (Å²) in [6.45, 7) is 1.79. The summed E-state index contributed by atoms with van der Waals surface area (Å²) in [6, 6.07) is 11.9. The number of hydrogen-bond donors (Lipinski definition) is 1. The maximum Gasteiger partial charge on any atom is 0.264 e. The zero-order valence-electron chi connectivity index (χ0n) is 14.8. The number of oxime groups is 1. The first-order chi connectivity index (χ1) is 12.7. The number of benzene rings is 2. The Morgan fingerprint density at radius 3 is 2.59 bits per heavy atom. The lowest BCUT2D eigenvalue weighted by atomic mass is 10.0. The van der Waals surface area contributed by atoms with Crippen molar-refractivity contribution in [2.24, 2.45) is 5.16 Å². The van der Waals surface area contributed by atoms with Crippen molar-refractivity contribution in [3.63, 3.8) is 0 Å². The van der Waals surface area contributed by atoms with Gasteiger partial charge in [-0.15, -0.1) is 0 Å². The van der Waals surface area contributed by atoms with Crippen LogP contribution >= 0.6 is 0 Å². The van der Waals surface area contributed by atoms with Gasteiger partial charge in [0.05, 0.1) is 16.6 Å². The summed E-state index contributed by atoms with van der Waals surface area (Å²) in [7, 11) is -3.27. The van der Waals surface area contributed by atoms with E-state index in [4.69, 9.17) is 4.84 Å². The van der Waals surface area contributed by atoms with E-state index in [9.17, 15) is 17.6 Å². The average Bonchev–Trinajstić information content (AvgIpc) is 3.11. The number of halogens is 1. The largest absolute Gasteiger partial charge is 0.382 e. The third kappa shape index (κ3) is 4.51. The summed E-state index contributed by atoms with van der Waals surface area (Å²) < 4.78 is 36.3. The Balaban J connectivity index is 1.61. The van der Waals surface area contributed by atoms with E-state index in [1.54, 1.807) is 31.2 Å². The zero-order chi connectivity index (χ0) is 19.6. The van der Waals surface area contributed by atoms with Crippen LogP contribution in [0.4, 0.5) is 4.39 Å². The molecule has 0 unspecified atom stereocenters. The minimum Gasteiger partial charge on any atom is -0.382 e. The molecule has 27 heavy (non-hydrogen) atoms. The van der Waals surface area contributed by atoms with Crippen LogP contribution in [0.25, 0.3) is 0 Å². The molecule has 0 spiro atoms. The lowest BCUT2D eigenvalue weighted by molar-refractivity contribution is -0.131. The summed E-state index contributed by atoms with van der Waals surface area (Å²) in [5, 5.41) is 6.71. The van der Waals surface area contributed by atoms with Gasteiger partial charge < -0.3 is 10.2 Å². The Labute approximate surface area is 157 Å². The second kappa shape index (κ2) is 7.48. The number of sulfone groups is 1. The second-order valence-corrected chi connectivity index (χ2v) is 8.43. The van der Waals surface area contributed by atoms with Gasteiger partial charge in [-0.2, -0.15) is 0 Å². The predicted molar refractivity (Wildman–Crippen MR) is 98.5 cm³/mol. The van der Waals surface area contributed by atoms with E-state index in [-0.39, 0.29) is 29.1 Å². The van der Waals surface area contributed by atoms with Gasteiger partial charge in [0.25, 0.3) is 5.91 Å². The van der Waals surface area contributed by atoms with E-state index >= 15 is 0 Å². The molecule has 0 saturated carbocycles. The summed E-state index contributed by atoms with van der Waals surface area (Å²) in [6.07, 6.45) is 0.594. The Morgan fingerprint density at radius 2 is 1.96 bits per heavy atom. The maximum absolute atomic E-state index is 13.3. The van der Waals surface area contributed by atoms with E-state index in [0.29, 0.717) is 11.3 Å². The lowest BCUT2D eigenvalue weighted by Crippen LogP contribution is -2.36. The summed E-state index contributed by atoms with van der Waals surface area (Å²) in [5.74, 6) is -0.723. The molecule has 0 bridgehead atoms. The van der Waals surface area contributed by atoms with Crippen molar-refractivity contribution in [1.82, 2.24) is 5.32 Å². The highest BCUT2D eigenvalue weighted by atomic mass is 32.2. The minimum atomic E-state index is -3.27. The maximum atomic E-state index is 13.3. The van der Waals surface area contributed by atoms with Crippen molar-refractivity contribution in [1.29, 1.82) is 0 Å². The van der Waals surface area contributed by atoms with Crippen LogP contribution in [0.3, 0.4) is 0 Å². The molecule has 0 aromatic heterocycles. The molecule has 1 heterocycles. The number of nitrogens with zero attached hydrogens (tertiary/aromatic N) is 1. The van der Waals surface area contributed by atoms with Gasteiger partial charge >= 0.3 is 0 Å². The normalized spacial score (nSPS) is 17.7. The summed E-state index contributed by atoms with van der Waals surface area (Å²) >= 11 is 0. The topological polar surface area (TPSA) is 84.8 Å². The molecule has 8 heteroatoms. The van der Waals surface area contributed by atoms with Gasteiger partial charge in [0.1, 0.15) is 5.82 Å². The highest BCUT2D eigenvalue weighted by Crippen LogP contribution is 2.20. The Hall–Kier alpha value is -2.74. The Morgan fingerprint density at radius 1 is 1.26 bits per heavy atom. The lowest BCUT2D eigenvalue weighted by Gasteiger charge is -2.16.